The number of fused-ring (bicyclic) bond motifs is 1. The van der Waals surface area contributed by atoms with Crippen LogP contribution in [0.2, 0.25) is 0 Å². The monoisotopic (exact) mass is 437 g/mol. The fraction of sp³-hybridized carbons (Fsp3) is 0.259. The predicted octanol–water partition coefficient (Wildman–Crippen LogP) is 5.10. The van der Waals surface area contributed by atoms with Gasteiger partial charge in [0.1, 0.15) is 5.82 Å². The predicted molar refractivity (Wildman–Crippen MR) is 129 cm³/mol. The molecule has 1 amide bonds. The number of hydrogen-bond donors (Lipinski definition) is 0. The van der Waals surface area contributed by atoms with Crippen molar-refractivity contribution in [3.8, 4) is 17.1 Å². The highest BCUT2D eigenvalue weighted by atomic mass is 16.2. The minimum Gasteiger partial charge on any atom is -0.292 e. The van der Waals surface area contributed by atoms with Gasteiger partial charge in [-0.1, -0.05) is 57.2 Å². The zero-order valence-corrected chi connectivity index (χ0v) is 19.2. The van der Waals surface area contributed by atoms with Crippen LogP contribution in [0.25, 0.3) is 17.1 Å². The van der Waals surface area contributed by atoms with E-state index in [0.717, 1.165) is 34.5 Å². The van der Waals surface area contributed by atoms with Crippen molar-refractivity contribution in [1.82, 2.24) is 19.7 Å². The summed E-state index contributed by atoms with van der Waals surface area (Å²) < 4.78 is 1.88. The molecule has 4 aromatic rings. The van der Waals surface area contributed by atoms with Crippen molar-refractivity contribution in [3.05, 3.63) is 89.4 Å². The maximum absolute atomic E-state index is 12.8. The van der Waals surface area contributed by atoms with E-state index >= 15 is 0 Å². The van der Waals surface area contributed by atoms with Gasteiger partial charge in [0.2, 0.25) is 5.91 Å². The number of anilines is 1. The number of aryl methyl sites for hydroxylation is 1. The first-order valence-corrected chi connectivity index (χ1v) is 11.4. The number of nitrogens with zero attached hydrogens (tertiary/aromatic N) is 5. The molecule has 0 aliphatic carbocycles. The molecule has 2 aromatic carbocycles. The lowest BCUT2D eigenvalue weighted by Gasteiger charge is -2.18. The van der Waals surface area contributed by atoms with Gasteiger partial charge < -0.3 is 0 Å². The van der Waals surface area contributed by atoms with Crippen LogP contribution in [0.1, 0.15) is 49.1 Å². The zero-order chi connectivity index (χ0) is 22.9. The highest BCUT2D eigenvalue weighted by Crippen LogP contribution is 2.32. The first kappa shape index (κ1) is 21.1. The summed E-state index contributed by atoms with van der Waals surface area (Å²) in [6.07, 6.45) is 5.03. The van der Waals surface area contributed by atoms with Gasteiger partial charge in [0.25, 0.3) is 0 Å². The number of amides is 1. The fourth-order valence-electron chi connectivity index (χ4n) is 4.26. The van der Waals surface area contributed by atoms with Crippen LogP contribution in [0.4, 0.5) is 5.82 Å². The molecule has 0 N–H and O–H groups in total. The third kappa shape index (κ3) is 4.04. The van der Waals surface area contributed by atoms with Gasteiger partial charge in [0.15, 0.2) is 5.82 Å². The van der Waals surface area contributed by atoms with E-state index in [1.807, 2.05) is 53.3 Å². The van der Waals surface area contributed by atoms with Gasteiger partial charge in [-0.05, 0) is 41.7 Å². The Bertz CT molecular complexity index is 1310. The standard InChI is InChI=1S/C27H27N5O/c1-4-21-13-14-32(30-21)22-11-9-19(10-12-22)17-31-25(33)15-20-16-28-26(29-27(20)31)24-8-6-5-7-23(24)18(2)3/h5-14,16,18H,4,15,17H2,1-3H3. The Morgan fingerprint density at radius 2 is 1.82 bits per heavy atom. The minimum atomic E-state index is 0.0531. The van der Waals surface area contributed by atoms with Gasteiger partial charge in [0, 0.05) is 23.5 Å². The van der Waals surface area contributed by atoms with Crippen LogP contribution in [0, 0.1) is 0 Å². The summed E-state index contributed by atoms with van der Waals surface area (Å²) in [5, 5.41) is 4.57. The average molecular weight is 438 g/mol. The van der Waals surface area contributed by atoms with E-state index in [1.54, 1.807) is 11.1 Å². The molecule has 6 heteroatoms. The molecule has 0 spiro atoms. The molecule has 0 radical (unpaired) electrons. The topological polar surface area (TPSA) is 63.9 Å². The van der Waals surface area contributed by atoms with E-state index in [9.17, 15) is 4.79 Å². The van der Waals surface area contributed by atoms with Crippen molar-refractivity contribution in [1.29, 1.82) is 0 Å². The molecule has 166 valence electrons. The molecule has 1 aliphatic heterocycles. The van der Waals surface area contributed by atoms with E-state index in [4.69, 9.17) is 4.98 Å². The Hall–Kier alpha value is -3.80. The second kappa shape index (κ2) is 8.62. The Morgan fingerprint density at radius 1 is 1.03 bits per heavy atom. The molecule has 1 aliphatic rings. The largest absolute Gasteiger partial charge is 0.292 e. The van der Waals surface area contributed by atoms with E-state index in [-0.39, 0.29) is 5.91 Å². The van der Waals surface area contributed by atoms with Crippen molar-refractivity contribution in [2.75, 3.05) is 4.90 Å². The smallest absolute Gasteiger partial charge is 0.233 e. The quantitative estimate of drug-likeness (QED) is 0.421. The Balaban J connectivity index is 1.42. The Morgan fingerprint density at radius 3 is 2.55 bits per heavy atom. The molecule has 0 bridgehead atoms. The summed E-state index contributed by atoms with van der Waals surface area (Å²) in [5.74, 6) is 1.79. The third-order valence-corrected chi connectivity index (χ3v) is 6.11. The lowest BCUT2D eigenvalue weighted by atomic mass is 9.97. The third-order valence-electron chi connectivity index (χ3n) is 6.11. The normalized spacial score (nSPS) is 13.1. The van der Waals surface area contributed by atoms with Crippen LogP contribution >= 0.6 is 0 Å². The van der Waals surface area contributed by atoms with Crippen LogP contribution in [-0.4, -0.2) is 25.7 Å². The highest BCUT2D eigenvalue weighted by Gasteiger charge is 2.30. The molecule has 0 saturated carbocycles. The zero-order valence-electron chi connectivity index (χ0n) is 19.2. The first-order chi connectivity index (χ1) is 16.0. The van der Waals surface area contributed by atoms with Gasteiger partial charge >= 0.3 is 0 Å². The Labute approximate surface area is 193 Å². The summed E-state index contributed by atoms with van der Waals surface area (Å²) in [7, 11) is 0. The number of benzene rings is 2. The van der Waals surface area contributed by atoms with E-state index in [2.05, 4.69) is 43.0 Å². The van der Waals surface area contributed by atoms with Gasteiger partial charge in [0.05, 0.1) is 24.3 Å². The van der Waals surface area contributed by atoms with Crippen molar-refractivity contribution in [3.63, 3.8) is 0 Å². The summed E-state index contributed by atoms with van der Waals surface area (Å²) in [6.45, 7) is 6.90. The second-order valence-corrected chi connectivity index (χ2v) is 8.71. The van der Waals surface area contributed by atoms with Crippen molar-refractivity contribution in [2.45, 2.75) is 46.1 Å². The molecule has 33 heavy (non-hydrogen) atoms. The maximum Gasteiger partial charge on any atom is 0.233 e. The lowest BCUT2D eigenvalue weighted by Crippen LogP contribution is -2.26. The van der Waals surface area contributed by atoms with Crippen LogP contribution in [-0.2, 0) is 24.2 Å². The summed E-state index contributed by atoms with van der Waals surface area (Å²) in [5.41, 5.74) is 6.21. The molecule has 0 fully saturated rings. The second-order valence-electron chi connectivity index (χ2n) is 8.71. The number of carbonyl (C=O) groups is 1. The van der Waals surface area contributed by atoms with Gasteiger partial charge in [-0.2, -0.15) is 5.10 Å². The average Bonchev–Trinajstić information content (AvgIpc) is 3.44. The summed E-state index contributed by atoms with van der Waals surface area (Å²) >= 11 is 0. The highest BCUT2D eigenvalue weighted by molar-refractivity contribution is 6.00. The van der Waals surface area contributed by atoms with Crippen LogP contribution in [0.3, 0.4) is 0 Å². The van der Waals surface area contributed by atoms with E-state index in [0.29, 0.717) is 30.5 Å². The number of aromatic nitrogens is 4. The lowest BCUT2D eigenvalue weighted by molar-refractivity contribution is -0.117. The summed E-state index contributed by atoms with van der Waals surface area (Å²) in [6, 6.07) is 18.4. The number of rotatable bonds is 6. The molecule has 0 unspecified atom stereocenters. The van der Waals surface area contributed by atoms with Gasteiger partial charge in [-0.25, -0.2) is 14.6 Å². The molecule has 5 rings (SSSR count). The molecular formula is C27H27N5O. The fourth-order valence-corrected chi connectivity index (χ4v) is 4.26. The SMILES string of the molecule is CCc1ccn(-c2ccc(CN3C(=O)Cc4cnc(-c5ccccc5C(C)C)nc43)cc2)n1. The molecule has 2 aromatic heterocycles. The van der Waals surface area contributed by atoms with Crippen molar-refractivity contribution >= 4 is 11.7 Å². The Kier molecular flexibility index (Phi) is 5.50. The van der Waals surface area contributed by atoms with Gasteiger partial charge in [-0.15, -0.1) is 0 Å². The first-order valence-electron chi connectivity index (χ1n) is 11.4. The van der Waals surface area contributed by atoms with Crippen molar-refractivity contribution < 1.29 is 4.79 Å². The molecule has 3 heterocycles. The van der Waals surface area contributed by atoms with Crippen LogP contribution in [0.15, 0.2) is 67.0 Å². The molecular weight excluding hydrogens is 410 g/mol. The van der Waals surface area contributed by atoms with Gasteiger partial charge in [-0.3, -0.25) is 9.69 Å². The van der Waals surface area contributed by atoms with Crippen LogP contribution < -0.4 is 4.90 Å². The minimum absolute atomic E-state index is 0.0531. The number of carbonyl (C=O) groups excluding carboxylic acids is 1. The molecule has 0 atom stereocenters. The number of hydrogen-bond acceptors (Lipinski definition) is 4. The van der Waals surface area contributed by atoms with E-state index in [1.165, 1.54) is 5.56 Å². The van der Waals surface area contributed by atoms with Crippen molar-refractivity contribution in [2.24, 2.45) is 0 Å². The maximum atomic E-state index is 12.8. The molecule has 6 nitrogen and oxygen atoms in total. The molecule has 0 saturated heterocycles. The van der Waals surface area contributed by atoms with Crippen LogP contribution in [0.5, 0.6) is 0 Å². The van der Waals surface area contributed by atoms with E-state index < -0.39 is 0 Å². The summed E-state index contributed by atoms with van der Waals surface area (Å²) in [4.78, 5) is 24.0.